The first-order valence-electron chi connectivity index (χ1n) is 6.49. The van der Waals surface area contributed by atoms with E-state index in [1.54, 1.807) is 12.1 Å². The highest BCUT2D eigenvalue weighted by atomic mass is 32.2. The van der Waals surface area contributed by atoms with Crippen LogP contribution >= 0.6 is 0 Å². The molecule has 1 fully saturated rings. The maximum Gasteiger partial charge on any atom is 0.264 e. The normalized spacial score (nSPS) is 18.3. The van der Waals surface area contributed by atoms with Crippen molar-refractivity contribution in [2.24, 2.45) is 0 Å². The third-order valence-corrected chi connectivity index (χ3v) is 5.32. The first-order valence-corrected chi connectivity index (χ1v) is 8.04. The van der Waals surface area contributed by atoms with E-state index in [-0.39, 0.29) is 5.25 Å². The Hall–Kier alpha value is -1.56. The number of amides is 1. The Labute approximate surface area is 112 Å². The predicted molar refractivity (Wildman–Crippen MR) is 72.7 cm³/mol. The highest BCUT2D eigenvalue weighted by molar-refractivity contribution is 7.91. The zero-order chi connectivity index (χ0) is 13.5. The fourth-order valence-electron chi connectivity index (χ4n) is 2.27. The standard InChI is InChI=1S/C13H16N2O3S/c16-13(15-19(17,18)11-4-5-11)10-3-6-12-9(8-10)2-1-7-14-12/h3,6,8,11,14H,1-2,4-5,7H2,(H,15,16). The van der Waals surface area contributed by atoms with Crippen LogP contribution in [0.25, 0.3) is 0 Å². The summed E-state index contributed by atoms with van der Waals surface area (Å²) in [7, 11) is -3.47. The Morgan fingerprint density at radius 1 is 1.32 bits per heavy atom. The van der Waals surface area contributed by atoms with E-state index in [4.69, 9.17) is 0 Å². The molecule has 0 unspecified atom stereocenters. The number of hydrogen-bond donors (Lipinski definition) is 2. The molecular weight excluding hydrogens is 264 g/mol. The Kier molecular flexibility index (Phi) is 2.97. The van der Waals surface area contributed by atoms with Crippen LogP contribution in [0.4, 0.5) is 5.69 Å². The quantitative estimate of drug-likeness (QED) is 0.874. The van der Waals surface area contributed by atoms with Gasteiger partial charge >= 0.3 is 0 Å². The van der Waals surface area contributed by atoms with Crippen LogP contribution in [0.5, 0.6) is 0 Å². The van der Waals surface area contributed by atoms with E-state index < -0.39 is 15.9 Å². The van der Waals surface area contributed by atoms with Gasteiger partial charge in [0.15, 0.2) is 0 Å². The van der Waals surface area contributed by atoms with Gasteiger partial charge in [-0.05, 0) is 49.4 Å². The summed E-state index contributed by atoms with van der Waals surface area (Å²) in [6.45, 7) is 0.939. The van der Waals surface area contributed by atoms with Crippen molar-refractivity contribution in [1.82, 2.24) is 4.72 Å². The number of sulfonamides is 1. The van der Waals surface area contributed by atoms with E-state index >= 15 is 0 Å². The second-order valence-electron chi connectivity index (χ2n) is 5.08. The number of fused-ring (bicyclic) bond motifs is 1. The molecule has 1 aliphatic heterocycles. The van der Waals surface area contributed by atoms with Crippen molar-refractivity contribution >= 4 is 21.6 Å². The number of carbonyl (C=O) groups excluding carboxylic acids is 1. The van der Waals surface area contributed by atoms with Crippen molar-refractivity contribution in [1.29, 1.82) is 0 Å². The lowest BCUT2D eigenvalue weighted by atomic mass is 10.0. The minimum Gasteiger partial charge on any atom is -0.385 e. The van der Waals surface area contributed by atoms with E-state index in [0.717, 1.165) is 30.6 Å². The van der Waals surface area contributed by atoms with E-state index in [0.29, 0.717) is 18.4 Å². The monoisotopic (exact) mass is 280 g/mol. The number of anilines is 1. The van der Waals surface area contributed by atoms with Gasteiger partial charge in [-0.15, -0.1) is 0 Å². The molecule has 102 valence electrons. The number of benzene rings is 1. The Morgan fingerprint density at radius 3 is 2.84 bits per heavy atom. The summed E-state index contributed by atoms with van der Waals surface area (Å²) in [5.74, 6) is -0.528. The molecule has 5 nitrogen and oxygen atoms in total. The van der Waals surface area contributed by atoms with Gasteiger partial charge in [-0.3, -0.25) is 4.79 Å². The molecule has 2 aliphatic rings. The number of carbonyl (C=O) groups is 1. The zero-order valence-electron chi connectivity index (χ0n) is 10.5. The molecule has 0 spiro atoms. The summed E-state index contributed by atoms with van der Waals surface area (Å²) < 4.78 is 25.6. The van der Waals surface area contributed by atoms with E-state index in [1.165, 1.54) is 0 Å². The molecule has 2 N–H and O–H groups in total. The molecule has 3 rings (SSSR count). The third kappa shape index (κ3) is 2.58. The molecule has 0 aromatic heterocycles. The largest absolute Gasteiger partial charge is 0.385 e. The minimum atomic E-state index is -3.47. The van der Waals surface area contributed by atoms with Gasteiger partial charge in [-0.2, -0.15) is 0 Å². The van der Waals surface area contributed by atoms with Gasteiger partial charge in [-0.25, -0.2) is 13.1 Å². The van der Waals surface area contributed by atoms with Crippen LogP contribution in [-0.4, -0.2) is 26.1 Å². The maximum absolute atomic E-state index is 12.0. The Bertz CT molecular complexity index is 621. The smallest absolute Gasteiger partial charge is 0.264 e. The lowest BCUT2D eigenvalue weighted by molar-refractivity contribution is 0.0981. The molecule has 1 aromatic rings. The topological polar surface area (TPSA) is 75.3 Å². The SMILES string of the molecule is O=C(NS(=O)(=O)C1CC1)c1ccc2c(c1)CCCN2. The van der Waals surface area contributed by atoms with Crippen molar-refractivity contribution in [2.45, 2.75) is 30.9 Å². The lowest BCUT2D eigenvalue weighted by Gasteiger charge is -2.18. The summed E-state index contributed by atoms with van der Waals surface area (Å²) in [4.78, 5) is 12.0. The fourth-order valence-corrected chi connectivity index (χ4v) is 3.57. The van der Waals surface area contributed by atoms with Crippen molar-refractivity contribution in [2.75, 3.05) is 11.9 Å². The van der Waals surface area contributed by atoms with Gasteiger partial charge in [0.2, 0.25) is 10.0 Å². The highest BCUT2D eigenvalue weighted by Gasteiger charge is 2.37. The predicted octanol–water partition coefficient (Wildman–Crippen LogP) is 1.27. The van der Waals surface area contributed by atoms with Gasteiger partial charge in [0, 0.05) is 17.8 Å². The van der Waals surface area contributed by atoms with Gasteiger partial charge in [0.05, 0.1) is 5.25 Å². The second-order valence-corrected chi connectivity index (χ2v) is 7.04. The van der Waals surface area contributed by atoms with E-state index in [9.17, 15) is 13.2 Å². The first kappa shape index (κ1) is 12.5. The van der Waals surface area contributed by atoms with Crippen LogP contribution in [0.2, 0.25) is 0 Å². The molecule has 1 aromatic carbocycles. The number of rotatable bonds is 3. The molecule has 1 aliphatic carbocycles. The van der Waals surface area contributed by atoms with Crippen LogP contribution in [0.15, 0.2) is 18.2 Å². The molecule has 0 radical (unpaired) electrons. The van der Waals surface area contributed by atoms with Crippen molar-refractivity contribution < 1.29 is 13.2 Å². The summed E-state index contributed by atoms with van der Waals surface area (Å²) in [5, 5.41) is 2.88. The Morgan fingerprint density at radius 2 is 2.11 bits per heavy atom. The number of aryl methyl sites for hydroxylation is 1. The average molecular weight is 280 g/mol. The van der Waals surface area contributed by atoms with Crippen molar-refractivity contribution in [3.63, 3.8) is 0 Å². The van der Waals surface area contributed by atoms with Crippen LogP contribution in [0.3, 0.4) is 0 Å². The highest BCUT2D eigenvalue weighted by Crippen LogP contribution is 2.28. The summed E-state index contributed by atoms with van der Waals surface area (Å²) in [6, 6.07) is 5.28. The van der Waals surface area contributed by atoms with Crippen LogP contribution < -0.4 is 10.0 Å². The molecule has 0 saturated heterocycles. The molecule has 19 heavy (non-hydrogen) atoms. The fraction of sp³-hybridized carbons (Fsp3) is 0.462. The average Bonchev–Trinajstić information content (AvgIpc) is 3.22. The van der Waals surface area contributed by atoms with Gasteiger partial charge in [0.25, 0.3) is 5.91 Å². The van der Waals surface area contributed by atoms with Crippen LogP contribution in [0.1, 0.15) is 35.2 Å². The molecule has 1 saturated carbocycles. The van der Waals surface area contributed by atoms with E-state index in [1.807, 2.05) is 6.07 Å². The molecule has 6 heteroatoms. The van der Waals surface area contributed by atoms with Gasteiger partial charge < -0.3 is 5.32 Å². The Balaban J connectivity index is 1.80. The van der Waals surface area contributed by atoms with Gasteiger partial charge in [0.1, 0.15) is 0 Å². The molecule has 1 heterocycles. The minimum absolute atomic E-state index is 0.379. The maximum atomic E-state index is 12.0. The van der Waals surface area contributed by atoms with E-state index in [2.05, 4.69) is 10.0 Å². The van der Waals surface area contributed by atoms with Crippen molar-refractivity contribution in [3.05, 3.63) is 29.3 Å². The van der Waals surface area contributed by atoms with Crippen LogP contribution in [0, 0.1) is 0 Å². The molecule has 0 atom stereocenters. The number of nitrogens with one attached hydrogen (secondary N) is 2. The first-order chi connectivity index (χ1) is 9.06. The molecular formula is C13H16N2O3S. The second kappa shape index (κ2) is 4.52. The number of hydrogen-bond acceptors (Lipinski definition) is 4. The third-order valence-electron chi connectivity index (χ3n) is 3.50. The zero-order valence-corrected chi connectivity index (χ0v) is 11.3. The molecule has 0 bridgehead atoms. The van der Waals surface area contributed by atoms with Crippen LogP contribution in [-0.2, 0) is 16.4 Å². The summed E-state index contributed by atoms with van der Waals surface area (Å²) >= 11 is 0. The molecule has 1 amide bonds. The van der Waals surface area contributed by atoms with Gasteiger partial charge in [-0.1, -0.05) is 0 Å². The summed E-state index contributed by atoms with van der Waals surface area (Å²) in [5.41, 5.74) is 2.52. The van der Waals surface area contributed by atoms with Crippen molar-refractivity contribution in [3.8, 4) is 0 Å². The summed E-state index contributed by atoms with van der Waals surface area (Å²) in [6.07, 6.45) is 3.24. The lowest BCUT2D eigenvalue weighted by Crippen LogP contribution is -2.33.